The smallest absolute Gasteiger partial charge is 0.416 e. The molecule has 0 saturated carbocycles. The van der Waals surface area contributed by atoms with Crippen LogP contribution in [-0.4, -0.2) is 55.3 Å². The molecule has 3 aromatic rings. The lowest BCUT2D eigenvalue weighted by molar-refractivity contribution is -0.157. The fourth-order valence-corrected chi connectivity index (χ4v) is 3.62. The first-order valence-corrected chi connectivity index (χ1v) is 12.1. The number of esters is 2. The topological polar surface area (TPSA) is 137 Å². The van der Waals surface area contributed by atoms with Crippen molar-refractivity contribution in [3.63, 3.8) is 0 Å². The lowest BCUT2D eigenvalue weighted by atomic mass is 10.1. The van der Waals surface area contributed by atoms with E-state index in [-0.39, 0.29) is 17.2 Å². The molecule has 0 bridgehead atoms. The molecule has 0 spiro atoms. The third kappa shape index (κ3) is 8.17. The molecule has 0 heterocycles. The van der Waals surface area contributed by atoms with E-state index in [4.69, 9.17) is 18.9 Å². The third-order valence-corrected chi connectivity index (χ3v) is 5.76. The molecular formula is C28H21F6NO9. The van der Waals surface area contributed by atoms with Gasteiger partial charge in [-0.05, 0) is 48.5 Å². The van der Waals surface area contributed by atoms with E-state index in [1.165, 1.54) is 32.4 Å². The third-order valence-electron chi connectivity index (χ3n) is 5.76. The molecule has 3 aromatic carbocycles. The first-order valence-electron chi connectivity index (χ1n) is 12.1. The Balaban J connectivity index is 2.03. The predicted molar refractivity (Wildman–Crippen MR) is 137 cm³/mol. The minimum absolute atomic E-state index is 0.00468. The minimum Gasteiger partial charge on any atom is -0.497 e. The first kappa shape index (κ1) is 33.2. The second kappa shape index (κ2) is 13.4. The fourth-order valence-electron chi connectivity index (χ4n) is 3.62. The van der Waals surface area contributed by atoms with Crippen LogP contribution in [0, 0.1) is 0 Å². The number of carbonyl (C=O) groups is 4. The Bertz CT molecular complexity index is 1560. The Morgan fingerprint density at radius 1 is 0.705 bits per heavy atom. The summed E-state index contributed by atoms with van der Waals surface area (Å²) in [5, 5.41) is 12.0. The van der Waals surface area contributed by atoms with Crippen molar-refractivity contribution in [2.45, 2.75) is 24.6 Å². The average molecular weight is 629 g/mol. The monoisotopic (exact) mass is 629 g/mol. The second-order valence-corrected chi connectivity index (χ2v) is 8.70. The molecule has 0 aliphatic heterocycles. The summed E-state index contributed by atoms with van der Waals surface area (Å²) >= 11 is 0. The highest BCUT2D eigenvalue weighted by atomic mass is 19.4. The Morgan fingerprint density at radius 3 is 1.64 bits per heavy atom. The number of carboxylic acids is 1. The lowest BCUT2D eigenvalue weighted by Gasteiger charge is -2.24. The number of halogens is 6. The van der Waals surface area contributed by atoms with Crippen molar-refractivity contribution in [1.82, 2.24) is 0 Å². The van der Waals surface area contributed by atoms with Crippen LogP contribution in [0.1, 0.15) is 31.8 Å². The highest BCUT2D eigenvalue weighted by Crippen LogP contribution is 2.32. The van der Waals surface area contributed by atoms with Crippen LogP contribution in [0.3, 0.4) is 0 Å². The molecular weight excluding hydrogens is 608 g/mol. The van der Waals surface area contributed by atoms with Crippen molar-refractivity contribution >= 4 is 29.5 Å². The van der Waals surface area contributed by atoms with Crippen molar-refractivity contribution < 1.29 is 69.6 Å². The molecule has 0 aromatic heterocycles. The van der Waals surface area contributed by atoms with Crippen LogP contribution in [0.4, 0.5) is 32.0 Å². The number of hydrogen-bond acceptors (Lipinski definition) is 8. The molecule has 0 saturated heterocycles. The average Bonchev–Trinajstić information content (AvgIpc) is 2.97. The summed E-state index contributed by atoms with van der Waals surface area (Å²) in [4.78, 5) is 51.2. The number of rotatable bonds is 10. The van der Waals surface area contributed by atoms with Crippen molar-refractivity contribution in [3.05, 3.63) is 89.0 Å². The molecule has 2 atom stereocenters. The molecule has 16 heteroatoms. The van der Waals surface area contributed by atoms with Crippen LogP contribution in [0.25, 0.3) is 0 Å². The Morgan fingerprint density at radius 2 is 1.20 bits per heavy atom. The van der Waals surface area contributed by atoms with Gasteiger partial charge in [-0.1, -0.05) is 12.1 Å². The molecule has 0 aliphatic rings. The van der Waals surface area contributed by atoms with Crippen molar-refractivity contribution in [2.24, 2.45) is 0 Å². The van der Waals surface area contributed by atoms with E-state index in [9.17, 15) is 50.6 Å². The molecule has 2 N–H and O–H groups in total. The van der Waals surface area contributed by atoms with Crippen LogP contribution in [0.5, 0.6) is 11.5 Å². The maximum atomic E-state index is 13.4. The number of carbonyl (C=O) groups excluding carboxylic acids is 3. The lowest BCUT2D eigenvalue weighted by Crippen LogP contribution is -2.48. The van der Waals surface area contributed by atoms with Crippen molar-refractivity contribution in [2.75, 3.05) is 19.5 Å². The zero-order valence-corrected chi connectivity index (χ0v) is 22.5. The minimum atomic E-state index is -4.89. The van der Waals surface area contributed by atoms with E-state index in [1.54, 1.807) is 0 Å². The summed E-state index contributed by atoms with van der Waals surface area (Å²) in [7, 11) is 2.49. The number of hydrogen-bond donors (Lipinski definition) is 2. The van der Waals surface area contributed by atoms with Crippen LogP contribution in [0.15, 0.2) is 66.7 Å². The maximum absolute atomic E-state index is 13.4. The van der Waals surface area contributed by atoms with Gasteiger partial charge < -0.3 is 29.4 Å². The summed E-state index contributed by atoms with van der Waals surface area (Å²) in [6.45, 7) is 0. The summed E-state index contributed by atoms with van der Waals surface area (Å²) in [5.41, 5.74) is -4.26. The zero-order valence-electron chi connectivity index (χ0n) is 22.5. The number of anilines is 1. The summed E-state index contributed by atoms with van der Waals surface area (Å²) in [5.74, 6) is -6.69. The van der Waals surface area contributed by atoms with Crippen molar-refractivity contribution in [3.8, 4) is 11.5 Å². The van der Waals surface area contributed by atoms with Gasteiger partial charge in [0.25, 0.3) is 5.91 Å². The Labute approximate surface area is 244 Å². The van der Waals surface area contributed by atoms with Gasteiger partial charge in [0.2, 0.25) is 12.2 Å². The van der Waals surface area contributed by atoms with Gasteiger partial charge in [0.15, 0.2) is 0 Å². The number of methoxy groups -OCH3 is 2. The van der Waals surface area contributed by atoms with Gasteiger partial charge in [-0.3, -0.25) is 4.79 Å². The molecule has 0 fully saturated rings. The van der Waals surface area contributed by atoms with Gasteiger partial charge >= 0.3 is 30.3 Å². The van der Waals surface area contributed by atoms with Crippen LogP contribution < -0.4 is 14.8 Å². The molecule has 1 amide bonds. The standard InChI is InChI=1S/C28H21F6NO9/c1-41-18-9-10-20(42-2)19(13-18)35-23(36)21(43-25(39)14-5-3-7-16(11-14)27(29,30)31)22(24(37)38)44-26(40)15-6-4-8-17(12-15)28(32,33)34/h3-13,21-22H,1-2H3,(H,35,36)(H,37,38)/t21-,22-/m0/s1. The van der Waals surface area contributed by atoms with Crippen LogP contribution >= 0.6 is 0 Å². The summed E-state index contributed by atoms with van der Waals surface area (Å²) < 4.78 is 99.0. The second-order valence-electron chi connectivity index (χ2n) is 8.70. The molecule has 234 valence electrons. The van der Waals surface area contributed by atoms with Crippen molar-refractivity contribution in [1.29, 1.82) is 0 Å². The van der Waals surface area contributed by atoms with E-state index in [2.05, 4.69) is 5.32 Å². The number of alkyl halides is 6. The van der Waals surface area contributed by atoms with Gasteiger partial charge in [-0.2, -0.15) is 26.3 Å². The van der Waals surface area contributed by atoms with Crippen LogP contribution in [-0.2, 0) is 31.4 Å². The molecule has 44 heavy (non-hydrogen) atoms. The molecule has 0 aliphatic carbocycles. The van der Waals surface area contributed by atoms with E-state index in [0.29, 0.717) is 24.3 Å². The predicted octanol–water partition coefficient (Wildman–Crippen LogP) is 5.22. The van der Waals surface area contributed by atoms with Crippen LogP contribution in [0.2, 0.25) is 0 Å². The van der Waals surface area contributed by atoms with E-state index in [0.717, 1.165) is 24.3 Å². The number of nitrogens with one attached hydrogen (secondary N) is 1. The maximum Gasteiger partial charge on any atom is 0.416 e. The first-order chi connectivity index (χ1) is 20.5. The van der Waals surface area contributed by atoms with Gasteiger partial charge in [-0.25, -0.2) is 14.4 Å². The molecule has 3 rings (SSSR count). The highest BCUT2D eigenvalue weighted by Gasteiger charge is 2.42. The fraction of sp³-hybridized carbons (Fsp3) is 0.214. The SMILES string of the molecule is COc1ccc(OC)c(NC(=O)[C@@H](OC(=O)c2cccc(C(F)(F)F)c2)[C@H](OC(=O)c2cccc(C(F)(F)F)c2)C(=O)O)c1. The number of carboxylic acid groups (broad SMARTS) is 1. The highest BCUT2D eigenvalue weighted by molar-refractivity contribution is 6.02. The van der Waals surface area contributed by atoms with Gasteiger partial charge in [-0.15, -0.1) is 0 Å². The number of ether oxygens (including phenoxy) is 4. The van der Waals surface area contributed by atoms with Gasteiger partial charge in [0.05, 0.1) is 42.2 Å². The summed E-state index contributed by atoms with van der Waals surface area (Å²) in [6, 6.07) is 9.37. The molecule has 0 unspecified atom stereocenters. The van der Waals surface area contributed by atoms with E-state index in [1.807, 2.05) is 0 Å². The van der Waals surface area contributed by atoms with Gasteiger partial charge in [0, 0.05) is 6.07 Å². The Hall–Kier alpha value is -5.28. The number of benzene rings is 3. The largest absolute Gasteiger partial charge is 0.497 e. The van der Waals surface area contributed by atoms with E-state index >= 15 is 0 Å². The number of aliphatic carboxylic acids is 1. The quantitative estimate of drug-likeness (QED) is 0.229. The van der Waals surface area contributed by atoms with Gasteiger partial charge in [0.1, 0.15) is 11.5 Å². The molecule has 10 nitrogen and oxygen atoms in total. The zero-order chi connectivity index (χ0) is 32.8. The van der Waals surface area contributed by atoms with E-state index < -0.39 is 70.6 Å². The molecule has 0 radical (unpaired) electrons. The normalized spacial score (nSPS) is 12.8. The Kier molecular flexibility index (Phi) is 10.1. The summed E-state index contributed by atoms with van der Waals surface area (Å²) in [6.07, 6.45) is -15.1. The number of amides is 1.